The van der Waals surface area contributed by atoms with E-state index in [1.165, 1.54) is 17.2 Å². The van der Waals surface area contributed by atoms with E-state index >= 15 is 8.78 Å². The van der Waals surface area contributed by atoms with Crippen molar-refractivity contribution in [2.45, 2.75) is 107 Å². The molecule has 268 valence electrons. The number of hydrogen-bond donors (Lipinski definition) is 1. The number of ether oxygens (including phenoxy) is 1. The second-order valence-corrected chi connectivity index (χ2v) is 21.9. The van der Waals surface area contributed by atoms with Crippen LogP contribution in [0.2, 0.25) is 16.6 Å². The monoisotopic (exact) mass is 731 g/mol. The maximum Gasteiger partial charge on any atom is 0.407 e. The maximum absolute atomic E-state index is 17.2. The van der Waals surface area contributed by atoms with Crippen LogP contribution in [0.4, 0.5) is 19.4 Å². The molecule has 5 atom stereocenters. The molecule has 1 unspecified atom stereocenters. The van der Waals surface area contributed by atoms with Crippen LogP contribution < -0.4 is 9.64 Å². The molecule has 2 aromatic carbocycles. The van der Waals surface area contributed by atoms with Gasteiger partial charge in [-0.05, 0) is 47.8 Å². The van der Waals surface area contributed by atoms with E-state index in [2.05, 4.69) is 63.0 Å². The van der Waals surface area contributed by atoms with Crippen molar-refractivity contribution in [2.24, 2.45) is 0 Å². The van der Waals surface area contributed by atoms with Gasteiger partial charge in [0.05, 0.1) is 23.7 Å². The first-order chi connectivity index (χ1) is 24.2. The molecular weight excluding hydrogens is 689 g/mol. The molecule has 1 N–H and O–H groups in total. The molecular formula is C38H43F2N5O4SSi. The summed E-state index contributed by atoms with van der Waals surface area (Å²) in [6, 6.07) is 7.22. The van der Waals surface area contributed by atoms with Gasteiger partial charge in [0.2, 0.25) is 5.88 Å². The predicted molar refractivity (Wildman–Crippen MR) is 198 cm³/mol. The molecule has 0 aliphatic carbocycles. The van der Waals surface area contributed by atoms with Crippen molar-refractivity contribution >= 4 is 52.8 Å². The summed E-state index contributed by atoms with van der Waals surface area (Å²) in [6.07, 6.45) is 1.16. The van der Waals surface area contributed by atoms with Gasteiger partial charge in [0.15, 0.2) is 11.6 Å². The Morgan fingerprint density at radius 2 is 1.75 bits per heavy atom. The molecule has 9 nitrogen and oxygen atoms in total. The van der Waals surface area contributed by atoms with Crippen LogP contribution >= 0.6 is 0 Å². The minimum Gasteiger partial charge on any atom is -0.609 e. The van der Waals surface area contributed by atoms with Crippen LogP contribution in [0.3, 0.4) is 0 Å². The van der Waals surface area contributed by atoms with Crippen molar-refractivity contribution in [3.8, 4) is 28.6 Å². The van der Waals surface area contributed by atoms with Gasteiger partial charge in [0.25, 0.3) is 0 Å². The fraction of sp³-hybridized carbons (Fsp3) is 0.474. The van der Waals surface area contributed by atoms with Crippen LogP contribution in [-0.2, 0) is 11.2 Å². The molecule has 0 radical (unpaired) electrons. The number of fused-ring (bicyclic) bond motifs is 6. The zero-order chi connectivity index (χ0) is 36.7. The number of carbonyl (C=O) groups is 1. The first kappa shape index (κ1) is 35.4. The lowest BCUT2D eigenvalue weighted by atomic mass is 9.96. The molecule has 3 aliphatic rings. The number of aromatic nitrogens is 3. The highest BCUT2D eigenvalue weighted by Crippen LogP contribution is 2.47. The van der Waals surface area contributed by atoms with Crippen LogP contribution in [0.25, 0.3) is 32.9 Å². The molecule has 0 saturated carbocycles. The molecule has 7 rings (SSSR count). The molecule has 1 amide bonds. The van der Waals surface area contributed by atoms with Gasteiger partial charge < -0.3 is 19.3 Å². The first-order valence-corrected chi connectivity index (χ1v) is 21.4. The Balaban J connectivity index is 1.49. The highest BCUT2D eigenvalue weighted by Gasteiger charge is 2.53. The quantitative estimate of drug-likeness (QED) is 0.0954. The molecule has 2 aromatic heterocycles. The van der Waals surface area contributed by atoms with Gasteiger partial charge >= 0.3 is 11.2 Å². The number of carboxylic acid groups (broad SMARTS) is 1. The first-order valence-electron chi connectivity index (χ1n) is 17.6. The third kappa shape index (κ3) is 5.44. The third-order valence-electron chi connectivity index (χ3n) is 11.5. The number of piperazine rings is 1. The van der Waals surface area contributed by atoms with Crippen molar-refractivity contribution in [1.29, 1.82) is 0 Å². The lowest BCUT2D eigenvalue weighted by molar-refractivity contribution is 0.0707. The fourth-order valence-electron chi connectivity index (χ4n) is 9.30. The van der Waals surface area contributed by atoms with E-state index in [-0.39, 0.29) is 39.2 Å². The molecule has 51 heavy (non-hydrogen) atoms. The second-order valence-electron chi connectivity index (χ2n) is 15.0. The van der Waals surface area contributed by atoms with Gasteiger partial charge in [-0.25, -0.2) is 18.6 Å². The topological polar surface area (TPSA) is 115 Å². The van der Waals surface area contributed by atoms with E-state index in [1.54, 1.807) is 18.2 Å². The fourth-order valence-corrected chi connectivity index (χ4v) is 14.9. The van der Waals surface area contributed by atoms with Gasteiger partial charge in [-0.15, -0.1) is 5.54 Å². The van der Waals surface area contributed by atoms with Crippen LogP contribution in [0.15, 0.2) is 35.5 Å². The second kappa shape index (κ2) is 12.9. The van der Waals surface area contributed by atoms with Crippen molar-refractivity contribution in [1.82, 2.24) is 19.9 Å². The van der Waals surface area contributed by atoms with Gasteiger partial charge in [-0.2, -0.15) is 9.97 Å². The Morgan fingerprint density at radius 3 is 2.39 bits per heavy atom. The highest BCUT2D eigenvalue weighted by atomic mass is 32.2. The summed E-state index contributed by atoms with van der Waals surface area (Å²) in [5.41, 5.74) is 4.90. The largest absolute Gasteiger partial charge is 0.609 e. The lowest BCUT2D eigenvalue weighted by Gasteiger charge is -2.47. The summed E-state index contributed by atoms with van der Waals surface area (Å²) in [5, 5.41) is 11.4. The third-order valence-corrected chi connectivity index (χ3v) is 18.5. The SMILES string of the molecule is CC(C)[Si](C#Cc1c(F)ccc2cccc(-c3nc4c5c(nc([S+](C)[O-])nc5c3F)N3C[C@H]5CC[C@@H]([C@H]3[C@H](C)O4)N5C(=O)O)c12)(C(C)C)C(C)C. The zero-order valence-corrected chi connectivity index (χ0v) is 31.9. The predicted octanol–water partition coefficient (Wildman–Crippen LogP) is 7.91. The molecule has 2 bridgehead atoms. The van der Waals surface area contributed by atoms with E-state index in [0.717, 1.165) is 0 Å². The molecule has 5 heterocycles. The molecule has 2 fully saturated rings. The Kier molecular flexibility index (Phi) is 8.95. The van der Waals surface area contributed by atoms with Crippen LogP contribution in [0, 0.1) is 23.1 Å². The summed E-state index contributed by atoms with van der Waals surface area (Å²) in [4.78, 5) is 29.8. The normalized spacial score (nSPS) is 21.9. The summed E-state index contributed by atoms with van der Waals surface area (Å²) in [6.45, 7) is 15.3. The number of benzene rings is 2. The molecule has 0 spiro atoms. The van der Waals surface area contributed by atoms with Gasteiger partial charge in [0, 0.05) is 28.7 Å². The summed E-state index contributed by atoms with van der Waals surface area (Å²) in [7, 11) is -2.27. The van der Waals surface area contributed by atoms with Crippen LogP contribution in [0.5, 0.6) is 5.88 Å². The average Bonchev–Trinajstić information content (AvgIpc) is 3.32. The Labute approximate surface area is 301 Å². The van der Waals surface area contributed by atoms with Crippen LogP contribution in [0.1, 0.15) is 66.9 Å². The van der Waals surface area contributed by atoms with Gasteiger partial charge in [-0.3, -0.25) is 4.90 Å². The van der Waals surface area contributed by atoms with Gasteiger partial charge in [0.1, 0.15) is 42.8 Å². The minimum atomic E-state index is -2.27. The number of anilines is 1. The van der Waals surface area contributed by atoms with E-state index in [9.17, 15) is 14.5 Å². The number of hydrogen-bond acceptors (Lipinski definition) is 7. The number of nitrogens with zero attached hydrogens (tertiary/aromatic N) is 5. The minimum absolute atomic E-state index is 0.0614. The Hall–Kier alpha value is -3.99. The zero-order valence-electron chi connectivity index (χ0n) is 30.1. The van der Waals surface area contributed by atoms with E-state index < -0.39 is 55.2 Å². The number of rotatable bonds is 5. The highest BCUT2D eigenvalue weighted by molar-refractivity contribution is 7.90. The summed E-state index contributed by atoms with van der Waals surface area (Å²) >= 11 is -1.68. The smallest absolute Gasteiger partial charge is 0.407 e. The van der Waals surface area contributed by atoms with E-state index in [4.69, 9.17) is 9.72 Å². The van der Waals surface area contributed by atoms with Crippen molar-refractivity contribution in [3.63, 3.8) is 0 Å². The lowest BCUT2D eigenvalue weighted by Crippen LogP contribution is -2.64. The Morgan fingerprint density at radius 1 is 1.04 bits per heavy atom. The van der Waals surface area contributed by atoms with Gasteiger partial charge in [-0.1, -0.05) is 71.7 Å². The summed E-state index contributed by atoms with van der Waals surface area (Å²) < 4.78 is 52.7. The number of amides is 1. The molecule has 2 saturated heterocycles. The van der Waals surface area contributed by atoms with Crippen molar-refractivity contribution in [2.75, 3.05) is 17.7 Å². The number of halogens is 2. The van der Waals surface area contributed by atoms with Crippen LogP contribution in [-0.4, -0.2) is 80.7 Å². The van der Waals surface area contributed by atoms with Crippen molar-refractivity contribution < 1.29 is 28.0 Å². The Bertz CT molecular complexity index is 2120. The average molecular weight is 732 g/mol. The van der Waals surface area contributed by atoms with E-state index in [1.807, 2.05) is 17.9 Å². The molecule has 3 aliphatic heterocycles. The molecule has 13 heteroatoms. The summed E-state index contributed by atoms with van der Waals surface area (Å²) in [5.74, 6) is 2.41. The molecule has 4 aromatic rings. The standard InChI is InChI=1S/C38H43F2N5O4SSi/c1-19(2)51(20(3)4,21(5)6)17-16-25-27(39)14-12-23-10-9-11-26(29(23)25)32-31(40)33-30-35(43-37(42-33)50(8)48)44-18-24-13-15-28(45(24)38(46)47)34(44)22(7)49-36(30)41-32/h9-12,14,19-22,24,28,34H,13,15,18H2,1-8H3,(H,46,47)/t22-,24+,28-,34+,50?/m0/s1. The maximum atomic E-state index is 17.2. The van der Waals surface area contributed by atoms with Crippen molar-refractivity contribution in [3.05, 3.63) is 47.5 Å². The van der Waals surface area contributed by atoms with E-state index in [0.29, 0.717) is 58.2 Å². The number of pyridine rings is 1.